The Morgan fingerprint density at radius 3 is 2.25 bits per heavy atom. The van der Waals surface area contributed by atoms with Crippen molar-refractivity contribution in [2.75, 3.05) is 0 Å². The van der Waals surface area contributed by atoms with Crippen LogP contribution in [0.1, 0.15) is 20.8 Å². The zero-order valence-electron chi connectivity index (χ0n) is 14.8. The van der Waals surface area contributed by atoms with E-state index in [1.165, 1.54) is 20.8 Å². The summed E-state index contributed by atoms with van der Waals surface area (Å²) in [7, 11) is 0. The summed E-state index contributed by atoms with van der Waals surface area (Å²) in [6.07, 6.45) is -11.1. The quantitative estimate of drug-likeness (QED) is 0.575. The van der Waals surface area contributed by atoms with E-state index >= 15 is 0 Å². The number of amides is 1. The molecule has 0 unspecified atom stereocenters. The smallest absolute Gasteiger partial charge is 0.444 e. The zero-order valence-corrected chi connectivity index (χ0v) is 14.8. The van der Waals surface area contributed by atoms with Crippen molar-refractivity contribution >= 4 is 17.6 Å². The number of halogens is 6. The summed E-state index contributed by atoms with van der Waals surface area (Å²) in [6.45, 7) is 4.44. The number of aromatic nitrogens is 1. The first-order chi connectivity index (χ1) is 12.6. The molecule has 1 heterocycles. The minimum absolute atomic E-state index is 0.409. The van der Waals surface area contributed by atoms with E-state index in [-0.39, 0.29) is 0 Å². The number of hydrogen-bond acceptors (Lipinski definition) is 6. The first kappa shape index (κ1) is 23.0. The topological polar surface area (TPSA) is 98.8 Å². The Labute approximate surface area is 155 Å². The third-order valence-electron chi connectivity index (χ3n) is 2.48. The Balaban J connectivity index is 3.24. The van der Waals surface area contributed by atoms with Crippen molar-refractivity contribution in [1.29, 1.82) is 0 Å². The Morgan fingerprint density at radius 2 is 1.79 bits per heavy atom. The van der Waals surface area contributed by atoms with Crippen LogP contribution in [-0.2, 0) is 4.74 Å². The van der Waals surface area contributed by atoms with E-state index in [1.807, 2.05) is 0 Å². The second kappa shape index (κ2) is 8.35. The van der Waals surface area contributed by atoms with Crippen LogP contribution in [0, 0.1) is 0 Å². The molecule has 1 aromatic rings. The van der Waals surface area contributed by atoms with Gasteiger partial charge in [0.05, 0.1) is 5.70 Å². The summed E-state index contributed by atoms with van der Waals surface area (Å²) in [5.41, 5.74) is 1.44. The Kier molecular flexibility index (Phi) is 6.88. The number of allylic oxidation sites excluding steroid dienone is 1. The number of nitrogens with zero attached hydrogens (tertiary/aromatic N) is 2. The lowest BCUT2D eigenvalue weighted by atomic mass is 10.2. The molecule has 0 aliphatic rings. The summed E-state index contributed by atoms with van der Waals surface area (Å²) in [6, 6.07) is 2.63. The highest BCUT2D eigenvalue weighted by molar-refractivity contribution is 6.06. The van der Waals surface area contributed by atoms with E-state index in [0.29, 0.717) is 6.20 Å². The average Bonchev–Trinajstić information content (AvgIpc) is 2.46. The molecule has 3 N–H and O–H groups in total. The maximum Gasteiger partial charge on any atom is 0.574 e. The van der Waals surface area contributed by atoms with Crippen LogP contribution >= 0.6 is 0 Å². The molecule has 0 saturated carbocycles. The zero-order chi connectivity index (χ0) is 21.8. The largest absolute Gasteiger partial charge is 0.574 e. The predicted molar refractivity (Wildman–Crippen MR) is 85.7 cm³/mol. The van der Waals surface area contributed by atoms with Gasteiger partial charge in [0, 0.05) is 12.3 Å². The lowest BCUT2D eigenvalue weighted by Crippen LogP contribution is -2.38. The van der Waals surface area contributed by atoms with Gasteiger partial charge in [-0.25, -0.2) is 9.79 Å². The van der Waals surface area contributed by atoms with Crippen molar-refractivity contribution < 1.29 is 40.6 Å². The number of carbonyl (C=O) groups excluding carboxylic acids is 1. The standard InChI is InChI=1S/C15H16F6N4O3/c1-13(2,3)28-12(26)23-8(7-22)11(14(16,17)18)25-9-5-4-6-10(24-9)27-15(19,20)21/h4-7H,22H2,1-3H3,(H,23,26)/b8-7+,25-11?. The molecule has 0 saturated heterocycles. The molecule has 0 fully saturated rings. The third kappa shape index (κ3) is 8.14. The highest BCUT2D eigenvalue weighted by atomic mass is 19.4. The van der Waals surface area contributed by atoms with Crippen LogP contribution in [0.5, 0.6) is 5.88 Å². The molecule has 0 bridgehead atoms. The number of nitrogens with one attached hydrogen (secondary N) is 1. The van der Waals surface area contributed by atoms with Crippen LogP contribution in [0.2, 0.25) is 0 Å². The molecule has 156 valence electrons. The molecule has 0 aliphatic heterocycles. The van der Waals surface area contributed by atoms with E-state index in [2.05, 4.69) is 14.7 Å². The second-order valence-corrected chi connectivity index (χ2v) is 6.05. The van der Waals surface area contributed by atoms with E-state index in [0.717, 1.165) is 18.2 Å². The van der Waals surface area contributed by atoms with Gasteiger partial charge in [-0.2, -0.15) is 18.2 Å². The SMILES string of the molecule is CC(C)(C)OC(=O)N/C(=C/N)C(=Nc1cccc(OC(F)(F)F)n1)C(F)(F)F. The molecule has 0 atom stereocenters. The van der Waals surface area contributed by atoms with Gasteiger partial charge in [-0.15, -0.1) is 13.2 Å². The molecular formula is C15H16F6N4O3. The number of rotatable bonds is 4. The van der Waals surface area contributed by atoms with Crippen molar-refractivity contribution in [1.82, 2.24) is 10.3 Å². The lowest BCUT2D eigenvalue weighted by Gasteiger charge is -2.21. The Bertz CT molecular complexity index is 766. The van der Waals surface area contributed by atoms with E-state index < -0.39 is 47.3 Å². The van der Waals surface area contributed by atoms with Crippen LogP contribution in [0.3, 0.4) is 0 Å². The third-order valence-corrected chi connectivity index (χ3v) is 2.48. The first-order valence-electron chi connectivity index (χ1n) is 7.41. The predicted octanol–water partition coefficient (Wildman–Crippen LogP) is 3.94. The average molecular weight is 414 g/mol. The number of hydrogen-bond donors (Lipinski definition) is 2. The van der Waals surface area contributed by atoms with E-state index in [4.69, 9.17) is 10.5 Å². The number of carbonyl (C=O) groups is 1. The number of pyridine rings is 1. The molecule has 28 heavy (non-hydrogen) atoms. The number of aliphatic imine (C=N–C) groups is 1. The maximum atomic E-state index is 13.3. The van der Waals surface area contributed by atoms with Gasteiger partial charge in [0.2, 0.25) is 5.88 Å². The van der Waals surface area contributed by atoms with Gasteiger partial charge < -0.3 is 15.2 Å². The fraction of sp³-hybridized carbons (Fsp3) is 0.400. The van der Waals surface area contributed by atoms with E-state index in [1.54, 1.807) is 5.32 Å². The normalized spacial score (nSPS) is 13.9. The summed E-state index contributed by atoms with van der Waals surface area (Å²) in [5.74, 6) is -1.78. The van der Waals surface area contributed by atoms with Gasteiger partial charge in [-0.05, 0) is 26.8 Å². The van der Waals surface area contributed by atoms with Gasteiger partial charge in [-0.1, -0.05) is 6.07 Å². The number of alkyl halides is 6. The molecule has 13 heteroatoms. The molecule has 0 aromatic carbocycles. The van der Waals surface area contributed by atoms with Crippen LogP contribution < -0.4 is 15.8 Å². The van der Waals surface area contributed by atoms with Gasteiger partial charge in [-0.3, -0.25) is 5.32 Å². The van der Waals surface area contributed by atoms with Crippen LogP contribution in [0.4, 0.5) is 37.0 Å². The van der Waals surface area contributed by atoms with Crippen molar-refractivity contribution in [2.45, 2.75) is 38.9 Å². The lowest BCUT2D eigenvalue weighted by molar-refractivity contribution is -0.276. The monoisotopic (exact) mass is 414 g/mol. The molecule has 1 rings (SSSR count). The fourth-order valence-electron chi connectivity index (χ4n) is 1.63. The van der Waals surface area contributed by atoms with Crippen molar-refractivity contribution in [3.8, 4) is 5.88 Å². The highest BCUT2D eigenvalue weighted by Crippen LogP contribution is 2.27. The highest BCUT2D eigenvalue weighted by Gasteiger charge is 2.39. The molecular weight excluding hydrogens is 398 g/mol. The molecule has 0 radical (unpaired) electrons. The summed E-state index contributed by atoms with van der Waals surface area (Å²) < 4.78 is 85.0. The van der Waals surface area contributed by atoms with Crippen molar-refractivity contribution in [3.05, 3.63) is 30.1 Å². The van der Waals surface area contributed by atoms with Crippen molar-refractivity contribution in [2.24, 2.45) is 10.7 Å². The number of nitrogens with two attached hydrogens (primary N) is 1. The van der Waals surface area contributed by atoms with Gasteiger partial charge in [0.25, 0.3) is 0 Å². The minimum Gasteiger partial charge on any atom is -0.444 e. The van der Waals surface area contributed by atoms with Gasteiger partial charge in [0.1, 0.15) is 5.60 Å². The summed E-state index contributed by atoms with van der Waals surface area (Å²) in [4.78, 5) is 18.1. The molecule has 0 aliphatic carbocycles. The van der Waals surface area contributed by atoms with Crippen LogP contribution in [0.15, 0.2) is 35.1 Å². The molecule has 1 aromatic heterocycles. The first-order valence-corrected chi connectivity index (χ1v) is 7.41. The fourth-order valence-corrected chi connectivity index (χ4v) is 1.63. The molecule has 7 nitrogen and oxygen atoms in total. The minimum atomic E-state index is -5.14. The van der Waals surface area contributed by atoms with Crippen molar-refractivity contribution in [3.63, 3.8) is 0 Å². The Morgan fingerprint density at radius 1 is 1.18 bits per heavy atom. The molecule has 0 spiro atoms. The van der Waals surface area contributed by atoms with Crippen LogP contribution in [0.25, 0.3) is 0 Å². The number of alkyl carbamates (subject to hydrolysis) is 1. The van der Waals surface area contributed by atoms with E-state index in [9.17, 15) is 31.1 Å². The Hall–Kier alpha value is -2.99. The molecule has 1 amide bonds. The second-order valence-electron chi connectivity index (χ2n) is 6.05. The van der Waals surface area contributed by atoms with Crippen LogP contribution in [-0.4, -0.2) is 34.9 Å². The summed E-state index contributed by atoms with van der Waals surface area (Å²) >= 11 is 0. The van der Waals surface area contributed by atoms with Gasteiger partial charge in [0.15, 0.2) is 11.5 Å². The number of ether oxygens (including phenoxy) is 2. The maximum absolute atomic E-state index is 13.3. The van der Waals surface area contributed by atoms with Gasteiger partial charge >= 0.3 is 18.6 Å². The summed E-state index contributed by atoms with van der Waals surface area (Å²) in [5, 5.41) is 1.79.